The molecule has 0 aromatic heterocycles. The Hall–Kier alpha value is -1.42. The van der Waals surface area contributed by atoms with Crippen molar-refractivity contribution < 1.29 is 9.18 Å². The zero-order valence-electron chi connectivity index (χ0n) is 9.24. The molecule has 0 saturated carbocycles. The van der Waals surface area contributed by atoms with Crippen LogP contribution in [-0.4, -0.2) is 30.9 Å². The van der Waals surface area contributed by atoms with Crippen LogP contribution in [0, 0.1) is 5.82 Å². The fourth-order valence-corrected chi connectivity index (χ4v) is 1.93. The molecular weight excluding hydrogens is 207 g/mol. The molecule has 4 heteroatoms. The SMILES string of the molecule is CN1CCCNC(c2ccccc2F)C1=O. The first-order valence-electron chi connectivity index (χ1n) is 5.43. The number of nitrogens with zero attached hydrogens (tertiary/aromatic N) is 1. The number of nitrogens with one attached hydrogen (secondary N) is 1. The van der Waals surface area contributed by atoms with Crippen LogP contribution >= 0.6 is 0 Å². The summed E-state index contributed by atoms with van der Waals surface area (Å²) in [5, 5.41) is 3.09. The van der Waals surface area contributed by atoms with Gasteiger partial charge in [-0.15, -0.1) is 0 Å². The molecule has 1 aliphatic heterocycles. The van der Waals surface area contributed by atoms with Gasteiger partial charge >= 0.3 is 0 Å². The van der Waals surface area contributed by atoms with Crippen LogP contribution in [-0.2, 0) is 4.79 Å². The summed E-state index contributed by atoms with van der Waals surface area (Å²) in [4.78, 5) is 13.6. The molecule has 1 atom stereocenters. The van der Waals surface area contributed by atoms with Crippen molar-refractivity contribution in [2.24, 2.45) is 0 Å². The van der Waals surface area contributed by atoms with E-state index < -0.39 is 6.04 Å². The minimum atomic E-state index is -0.548. The largest absolute Gasteiger partial charge is 0.344 e. The van der Waals surface area contributed by atoms with Crippen molar-refractivity contribution in [1.29, 1.82) is 0 Å². The summed E-state index contributed by atoms with van der Waals surface area (Å²) in [6.45, 7) is 1.45. The van der Waals surface area contributed by atoms with Crippen LogP contribution in [0.1, 0.15) is 18.0 Å². The number of likely N-dealkylation sites (N-methyl/N-ethyl adjacent to an activating group) is 1. The van der Waals surface area contributed by atoms with Crippen molar-refractivity contribution in [2.45, 2.75) is 12.5 Å². The first-order chi connectivity index (χ1) is 7.70. The maximum Gasteiger partial charge on any atom is 0.244 e. The maximum atomic E-state index is 13.6. The Morgan fingerprint density at radius 2 is 2.19 bits per heavy atom. The van der Waals surface area contributed by atoms with E-state index in [0.717, 1.165) is 19.5 Å². The van der Waals surface area contributed by atoms with Gasteiger partial charge in [0, 0.05) is 19.2 Å². The van der Waals surface area contributed by atoms with Crippen LogP contribution in [0.3, 0.4) is 0 Å². The molecule has 0 aliphatic carbocycles. The Morgan fingerprint density at radius 3 is 2.94 bits per heavy atom. The second-order valence-corrected chi connectivity index (χ2v) is 4.02. The highest BCUT2D eigenvalue weighted by molar-refractivity contribution is 5.83. The molecule has 3 nitrogen and oxygen atoms in total. The third kappa shape index (κ3) is 2.07. The van der Waals surface area contributed by atoms with Gasteiger partial charge in [0.15, 0.2) is 0 Å². The second-order valence-electron chi connectivity index (χ2n) is 4.02. The standard InChI is InChI=1S/C12H15FN2O/c1-15-8-4-7-14-11(12(15)16)9-5-2-3-6-10(9)13/h2-3,5-6,11,14H,4,7-8H2,1H3. The zero-order chi connectivity index (χ0) is 11.5. The predicted octanol–water partition coefficient (Wildman–Crippen LogP) is 1.32. The van der Waals surface area contributed by atoms with E-state index in [9.17, 15) is 9.18 Å². The van der Waals surface area contributed by atoms with Gasteiger partial charge in [0.1, 0.15) is 11.9 Å². The number of hydrogen-bond acceptors (Lipinski definition) is 2. The molecule has 1 fully saturated rings. The van der Waals surface area contributed by atoms with E-state index in [1.165, 1.54) is 6.07 Å². The topological polar surface area (TPSA) is 32.3 Å². The highest BCUT2D eigenvalue weighted by atomic mass is 19.1. The van der Waals surface area contributed by atoms with Crippen molar-refractivity contribution in [3.63, 3.8) is 0 Å². The molecule has 1 unspecified atom stereocenters. The van der Waals surface area contributed by atoms with Crippen LogP contribution in [0.25, 0.3) is 0 Å². The average molecular weight is 222 g/mol. The maximum absolute atomic E-state index is 13.6. The minimum absolute atomic E-state index is 0.0670. The Balaban J connectivity index is 2.31. The summed E-state index contributed by atoms with van der Waals surface area (Å²) in [5.74, 6) is -0.397. The summed E-state index contributed by atoms with van der Waals surface area (Å²) in [5.41, 5.74) is 0.432. The molecule has 1 heterocycles. The van der Waals surface area contributed by atoms with E-state index in [0.29, 0.717) is 5.56 Å². The number of benzene rings is 1. The van der Waals surface area contributed by atoms with Gasteiger partial charge in [-0.05, 0) is 19.0 Å². The molecule has 1 aromatic carbocycles. The molecule has 1 N–H and O–H groups in total. The third-order valence-corrected chi connectivity index (χ3v) is 2.86. The third-order valence-electron chi connectivity index (χ3n) is 2.86. The van der Waals surface area contributed by atoms with E-state index in [1.54, 1.807) is 30.1 Å². The molecule has 0 bridgehead atoms. The number of halogens is 1. The zero-order valence-corrected chi connectivity index (χ0v) is 9.24. The lowest BCUT2D eigenvalue weighted by Gasteiger charge is -2.20. The number of rotatable bonds is 1. The molecule has 86 valence electrons. The number of amides is 1. The van der Waals surface area contributed by atoms with Gasteiger partial charge in [0.25, 0.3) is 0 Å². The summed E-state index contributed by atoms with van der Waals surface area (Å²) >= 11 is 0. The van der Waals surface area contributed by atoms with E-state index in [2.05, 4.69) is 5.32 Å². The van der Waals surface area contributed by atoms with Crippen LogP contribution in [0.4, 0.5) is 4.39 Å². The van der Waals surface area contributed by atoms with Crippen molar-refractivity contribution >= 4 is 5.91 Å². The van der Waals surface area contributed by atoms with Gasteiger partial charge in [-0.2, -0.15) is 0 Å². The lowest BCUT2D eigenvalue weighted by Crippen LogP contribution is -2.35. The van der Waals surface area contributed by atoms with E-state index in [1.807, 2.05) is 0 Å². The Bertz CT molecular complexity index is 394. The summed E-state index contributed by atoms with van der Waals surface area (Å²) in [6.07, 6.45) is 0.896. The van der Waals surface area contributed by atoms with Gasteiger partial charge in [-0.3, -0.25) is 4.79 Å². The molecule has 2 rings (SSSR count). The first-order valence-corrected chi connectivity index (χ1v) is 5.43. The van der Waals surface area contributed by atoms with E-state index in [-0.39, 0.29) is 11.7 Å². The molecule has 0 spiro atoms. The number of hydrogen-bond donors (Lipinski definition) is 1. The van der Waals surface area contributed by atoms with E-state index in [4.69, 9.17) is 0 Å². The monoisotopic (exact) mass is 222 g/mol. The van der Waals surface area contributed by atoms with Crippen LogP contribution < -0.4 is 5.32 Å². The van der Waals surface area contributed by atoms with Gasteiger partial charge in [-0.1, -0.05) is 18.2 Å². The Kier molecular flexibility index (Phi) is 3.19. The van der Waals surface area contributed by atoms with Crippen LogP contribution in [0.2, 0.25) is 0 Å². The predicted molar refractivity (Wildman–Crippen MR) is 59.4 cm³/mol. The molecule has 1 aromatic rings. The summed E-state index contributed by atoms with van der Waals surface area (Å²) < 4.78 is 13.6. The van der Waals surface area contributed by atoms with Crippen molar-refractivity contribution in [3.8, 4) is 0 Å². The van der Waals surface area contributed by atoms with E-state index >= 15 is 0 Å². The van der Waals surface area contributed by atoms with Gasteiger partial charge in [-0.25, -0.2) is 4.39 Å². The fourth-order valence-electron chi connectivity index (χ4n) is 1.93. The van der Waals surface area contributed by atoms with Gasteiger partial charge in [0.2, 0.25) is 5.91 Å². The highest BCUT2D eigenvalue weighted by Crippen LogP contribution is 2.20. The average Bonchev–Trinajstić information content (AvgIpc) is 2.44. The summed E-state index contributed by atoms with van der Waals surface area (Å²) in [7, 11) is 1.75. The number of carbonyl (C=O) groups excluding carboxylic acids is 1. The first kappa shape index (κ1) is 11.1. The molecule has 0 radical (unpaired) electrons. The summed E-state index contributed by atoms with van der Waals surface area (Å²) in [6, 6.07) is 5.87. The molecule has 1 saturated heterocycles. The Labute approximate surface area is 94.3 Å². The molecule has 1 aliphatic rings. The molecular formula is C12H15FN2O. The minimum Gasteiger partial charge on any atom is -0.344 e. The van der Waals surface area contributed by atoms with Crippen molar-refractivity contribution in [2.75, 3.05) is 20.1 Å². The number of carbonyl (C=O) groups is 1. The Morgan fingerprint density at radius 1 is 1.44 bits per heavy atom. The highest BCUT2D eigenvalue weighted by Gasteiger charge is 2.27. The quantitative estimate of drug-likeness (QED) is 0.777. The molecule has 1 amide bonds. The van der Waals surface area contributed by atoms with Crippen LogP contribution in [0.5, 0.6) is 0 Å². The fraction of sp³-hybridized carbons (Fsp3) is 0.417. The van der Waals surface area contributed by atoms with Crippen molar-refractivity contribution in [3.05, 3.63) is 35.6 Å². The van der Waals surface area contributed by atoms with Crippen LogP contribution in [0.15, 0.2) is 24.3 Å². The smallest absolute Gasteiger partial charge is 0.244 e. The second kappa shape index (κ2) is 4.61. The van der Waals surface area contributed by atoms with Crippen molar-refractivity contribution in [1.82, 2.24) is 10.2 Å². The van der Waals surface area contributed by atoms with Gasteiger partial charge in [0.05, 0.1) is 0 Å². The lowest BCUT2D eigenvalue weighted by molar-refractivity contribution is -0.131. The lowest BCUT2D eigenvalue weighted by atomic mass is 10.1. The molecule has 16 heavy (non-hydrogen) atoms. The normalized spacial score (nSPS) is 22.0. The van der Waals surface area contributed by atoms with Gasteiger partial charge < -0.3 is 10.2 Å².